The van der Waals surface area contributed by atoms with E-state index in [0.717, 1.165) is 23.6 Å². The SMILES string of the molecule is COc1ccc(-c2cccc(C)c2)cc1C1CCN([C@H]2C[C@H]3CC[C@H]2C3)CC1. The molecular formula is C26H33NO. The Labute approximate surface area is 169 Å². The number of fused-ring (bicyclic) bond motifs is 2. The Kier molecular flexibility index (Phi) is 4.92. The summed E-state index contributed by atoms with van der Waals surface area (Å²) in [5.74, 6) is 3.73. The van der Waals surface area contributed by atoms with Gasteiger partial charge in [-0.25, -0.2) is 0 Å². The van der Waals surface area contributed by atoms with Gasteiger partial charge in [0.05, 0.1) is 7.11 Å². The van der Waals surface area contributed by atoms with Crippen molar-refractivity contribution >= 4 is 0 Å². The van der Waals surface area contributed by atoms with E-state index in [9.17, 15) is 0 Å². The average molecular weight is 376 g/mol. The van der Waals surface area contributed by atoms with Gasteiger partial charge in [-0.15, -0.1) is 0 Å². The molecule has 0 spiro atoms. The molecule has 1 saturated heterocycles. The van der Waals surface area contributed by atoms with Crippen LogP contribution in [0.1, 0.15) is 55.6 Å². The molecule has 3 atom stereocenters. The summed E-state index contributed by atoms with van der Waals surface area (Å²) >= 11 is 0. The summed E-state index contributed by atoms with van der Waals surface area (Å²) in [7, 11) is 1.82. The molecule has 28 heavy (non-hydrogen) atoms. The molecular weight excluding hydrogens is 342 g/mol. The first-order valence-corrected chi connectivity index (χ1v) is 11.2. The van der Waals surface area contributed by atoms with Gasteiger partial charge in [-0.1, -0.05) is 42.3 Å². The second-order valence-electron chi connectivity index (χ2n) is 9.38. The predicted octanol–water partition coefficient (Wildman–Crippen LogP) is 6.04. The zero-order valence-electron chi connectivity index (χ0n) is 17.4. The Hall–Kier alpha value is -1.80. The van der Waals surface area contributed by atoms with E-state index in [0.29, 0.717) is 5.92 Å². The van der Waals surface area contributed by atoms with Crippen LogP contribution in [0, 0.1) is 18.8 Å². The Balaban J connectivity index is 1.33. The minimum atomic E-state index is 0.620. The van der Waals surface area contributed by atoms with E-state index in [1.54, 1.807) is 0 Å². The molecule has 2 bridgehead atoms. The molecule has 2 aliphatic carbocycles. The summed E-state index contributed by atoms with van der Waals surface area (Å²) in [5, 5.41) is 0. The summed E-state index contributed by atoms with van der Waals surface area (Å²) in [6.45, 7) is 4.69. The van der Waals surface area contributed by atoms with Gasteiger partial charge in [0.1, 0.15) is 5.75 Å². The number of ether oxygens (including phenoxy) is 1. The molecule has 0 radical (unpaired) electrons. The number of nitrogens with zero attached hydrogens (tertiary/aromatic N) is 1. The number of aryl methyl sites for hydroxylation is 1. The fourth-order valence-electron chi connectivity index (χ4n) is 6.26. The van der Waals surface area contributed by atoms with Crippen LogP contribution in [-0.4, -0.2) is 31.1 Å². The third-order valence-corrected chi connectivity index (χ3v) is 7.72. The first-order valence-electron chi connectivity index (χ1n) is 11.2. The van der Waals surface area contributed by atoms with Gasteiger partial charge in [0.25, 0.3) is 0 Å². The standard InChI is InChI=1S/C26H33NO/c1-18-4-3-5-21(14-18)22-8-9-26(28-2)24(17-22)20-10-12-27(13-11-20)25-16-19-6-7-23(25)15-19/h3-5,8-9,14,17,19-20,23,25H,6-7,10-13,15-16H2,1-2H3/t19-,23-,25-/m0/s1. The minimum absolute atomic E-state index is 0.620. The molecule has 148 valence electrons. The molecule has 5 rings (SSSR count). The molecule has 1 heterocycles. The lowest BCUT2D eigenvalue weighted by Gasteiger charge is -2.40. The lowest BCUT2D eigenvalue weighted by atomic mass is 9.85. The van der Waals surface area contributed by atoms with Gasteiger partial charge in [0, 0.05) is 6.04 Å². The van der Waals surface area contributed by atoms with E-state index in [1.165, 1.54) is 73.9 Å². The highest BCUT2D eigenvalue weighted by Crippen LogP contribution is 2.48. The van der Waals surface area contributed by atoms with E-state index >= 15 is 0 Å². The van der Waals surface area contributed by atoms with Crippen LogP contribution in [0.3, 0.4) is 0 Å². The van der Waals surface area contributed by atoms with Gasteiger partial charge in [-0.2, -0.15) is 0 Å². The lowest BCUT2D eigenvalue weighted by molar-refractivity contribution is 0.110. The molecule has 2 aromatic carbocycles. The van der Waals surface area contributed by atoms with Crippen molar-refractivity contribution in [1.29, 1.82) is 0 Å². The summed E-state index contributed by atoms with van der Waals surface area (Å²) in [6, 6.07) is 16.5. The maximum absolute atomic E-state index is 5.77. The smallest absolute Gasteiger partial charge is 0.122 e. The summed E-state index contributed by atoms with van der Waals surface area (Å²) in [6.07, 6.45) is 8.50. The molecule has 3 aliphatic rings. The highest BCUT2D eigenvalue weighted by Gasteiger charge is 2.43. The molecule has 2 aromatic rings. The van der Waals surface area contributed by atoms with Crippen molar-refractivity contribution in [3.63, 3.8) is 0 Å². The number of likely N-dealkylation sites (tertiary alicyclic amines) is 1. The quantitative estimate of drug-likeness (QED) is 0.646. The molecule has 0 amide bonds. The van der Waals surface area contributed by atoms with E-state index in [4.69, 9.17) is 4.74 Å². The van der Waals surface area contributed by atoms with Crippen molar-refractivity contribution in [2.75, 3.05) is 20.2 Å². The molecule has 0 unspecified atom stereocenters. The Morgan fingerprint density at radius 1 is 0.893 bits per heavy atom. The van der Waals surface area contributed by atoms with Crippen LogP contribution < -0.4 is 4.74 Å². The molecule has 2 saturated carbocycles. The highest BCUT2D eigenvalue weighted by molar-refractivity contribution is 5.66. The predicted molar refractivity (Wildman–Crippen MR) is 116 cm³/mol. The van der Waals surface area contributed by atoms with Gasteiger partial charge in [0.2, 0.25) is 0 Å². The van der Waals surface area contributed by atoms with Crippen LogP contribution in [0.5, 0.6) is 5.75 Å². The van der Waals surface area contributed by atoms with Gasteiger partial charge in [-0.3, -0.25) is 0 Å². The fourth-order valence-corrected chi connectivity index (χ4v) is 6.26. The van der Waals surface area contributed by atoms with Gasteiger partial charge >= 0.3 is 0 Å². The van der Waals surface area contributed by atoms with Crippen molar-refractivity contribution in [3.8, 4) is 16.9 Å². The van der Waals surface area contributed by atoms with Crippen molar-refractivity contribution in [1.82, 2.24) is 4.90 Å². The van der Waals surface area contributed by atoms with Gasteiger partial charge < -0.3 is 9.64 Å². The van der Waals surface area contributed by atoms with Crippen molar-refractivity contribution in [3.05, 3.63) is 53.6 Å². The second-order valence-corrected chi connectivity index (χ2v) is 9.38. The summed E-state index contributed by atoms with van der Waals surface area (Å²) in [4.78, 5) is 2.83. The molecule has 2 nitrogen and oxygen atoms in total. The zero-order valence-corrected chi connectivity index (χ0v) is 17.4. The van der Waals surface area contributed by atoms with Crippen LogP contribution in [-0.2, 0) is 0 Å². The normalized spacial score (nSPS) is 28.0. The van der Waals surface area contributed by atoms with Gasteiger partial charge in [-0.05, 0) is 98.7 Å². The maximum Gasteiger partial charge on any atom is 0.122 e. The second kappa shape index (κ2) is 7.55. The van der Waals surface area contributed by atoms with Crippen LogP contribution >= 0.6 is 0 Å². The number of benzene rings is 2. The third kappa shape index (κ3) is 3.37. The van der Waals surface area contributed by atoms with E-state index < -0.39 is 0 Å². The molecule has 3 fully saturated rings. The van der Waals surface area contributed by atoms with Crippen LogP contribution in [0.4, 0.5) is 0 Å². The monoisotopic (exact) mass is 375 g/mol. The number of hydrogen-bond acceptors (Lipinski definition) is 2. The third-order valence-electron chi connectivity index (χ3n) is 7.72. The lowest BCUT2D eigenvalue weighted by Crippen LogP contribution is -2.43. The maximum atomic E-state index is 5.77. The van der Waals surface area contributed by atoms with E-state index in [1.807, 2.05) is 7.11 Å². The summed E-state index contributed by atoms with van der Waals surface area (Å²) in [5.41, 5.74) is 5.35. The van der Waals surface area contributed by atoms with E-state index in [2.05, 4.69) is 54.3 Å². The number of rotatable bonds is 4. The molecule has 2 heteroatoms. The number of piperidine rings is 1. The van der Waals surface area contributed by atoms with Crippen LogP contribution in [0.15, 0.2) is 42.5 Å². The van der Waals surface area contributed by atoms with Gasteiger partial charge in [0.15, 0.2) is 0 Å². The first kappa shape index (κ1) is 18.2. The van der Waals surface area contributed by atoms with Crippen molar-refractivity contribution in [2.24, 2.45) is 11.8 Å². The molecule has 1 aliphatic heterocycles. The Morgan fingerprint density at radius 2 is 1.71 bits per heavy atom. The van der Waals surface area contributed by atoms with Crippen LogP contribution in [0.2, 0.25) is 0 Å². The largest absolute Gasteiger partial charge is 0.496 e. The highest BCUT2D eigenvalue weighted by atomic mass is 16.5. The zero-order chi connectivity index (χ0) is 19.1. The topological polar surface area (TPSA) is 12.5 Å². The van der Waals surface area contributed by atoms with Crippen LogP contribution in [0.25, 0.3) is 11.1 Å². The number of methoxy groups -OCH3 is 1. The first-order chi connectivity index (χ1) is 13.7. The average Bonchev–Trinajstić information content (AvgIpc) is 3.37. The number of hydrogen-bond donors (Lipinski definition) is 0. The van der Waals surface area contributed by atoms with Crippen molar-refractivity contribution < 1.29 is 4.74 Å². The molecule has 0 N–H and O–H groups in total. The molecule has 0 aromatic heterocycles. The Morgan fingerprint density at radius 3 is 2.39 bits per heavy atom. The minimum Gasteiger partial charge on any atom is -0.496 e. The fraction of sp³-hybridized carbons (Fsp3) is 0.538. The summed E-state index contributed by atoms with van der Waals surface area (Å²) < 4.78 is 5.77. The Bertz CT molecular complexity index is 836. The van der Waals surface area contributed by atoms with E-state index in [-0.39, 0.29) is 0 Å². The van der Waals surface area contributed by atoms with Crippen molar-refractivity contribution in [2.45, 2.75) is 57.4 Å².